The average molecular weight is 282 g/mol. The van der Waals surface area contributed by atoms with E-state index in [2.05, 4.69) is 23.8 Å². The summed E-state index contributed by atoms with van der Waals surface area (Å²) in [6.45, 7) is 4.57. The molecule has 5 heteroatoms. The van der Waals surface area contributed by atoms with E-state index in [0.29, 0.717) is 17.2 Å². The number of hydrogen-bond donors (Lipinski definition) is 0. The van der Waals surface area contributed by atoms with Crippen LogP contribution < -0.4 is 0 Å². The zero-order valence-electron chi connectivity index (χ0n) is 11.7. The Balaban J connectivity index is 2.04. The zero-order valence-corrected chi connectivity index (χ0v) is 12.4. The van der Waals surface area contributed by atoms with E-state index < -0.39 is 0 Å². The summed E-state index contributed by atoms with van der Waals surface area (Å²) in [7, 11) is 1.84. The minimum Gasteiger partial charge on any atom is -0.337 e. The highest BCUT2D eigenvalue weighted by Gasteiger charge is 2.31. The van der Waals surface area contributed by atoms with Gasteiger partial charge in [-0.3, -0.25) is 9.78 Å². The zero-order chi connectivity index (χ0) is 14.0. The number of carbonyl (C=O) groups excluding carboxylic acids is 1. The van der Waals surface area contributed by atoms with Crippen molar-refractivity contribution >= 4 is 17.5 Å². The fraction of sp³-hybridized carbons (Fsp3) is 0.643. The first-order valence-electron chi connectivity index (χ1n) is 6.64. The molecule has 1 heterocycles. The lowest BCUT2D eigenvalue weighted by Crippen LogP contribution is -2.41. The summed E-state index contributed by atoms with van der Waals surface area (Å²) >= 11 is 5.77. The van der Waals surface area contributed by atoms with Crippen molar-refractivity contribution in [1.82, 2.24) is 14.9 Å². The molecule has 0 bridgehead atoms. The van der Waals surface area contributed by atoms with Gasteiger partial charge in [-0.15, -0.1) is 0 Å². The van der Waals surface area contributed by atoms with Gasteiger partial charge in [-0.25, -0.2) is 4.98 Å². The van der Waals surface area contributed by atoms with Gasteiger partial charge in [-0.05, 0) is 31.1 Å². The van der Waals surface area contributed by atoms with Crippen LogP contribution in [0.25, 0.3) is 0 Å². The largest absolute Gasteiger partial charge is 0.337 e. The van der Waals surface area contributed by atoms with Crippen molar-refractivity contribution in [3.8, 4) is 0 Å². The van der Waals surface area contributed by atoms with Gasteiger partial charge in [0.15, 0.2) is 0 Å². The van der Waals surface area contributed by atoms with E-state index in [0.717, 1.165) is 25.7 Å². The summed E-state index contributed by atoms with van der Waals surface area (Å²) in [6, 6.07) is 0.293. The van der Waals surface area contributed by atoms with Crippen molar-refractivity contribution in [1.29, 1.82) is 0 Å². The molecule has 0 aliphatic heterocycles. The molecule has 1 amide bonds. The minimum absolute atomic E-state index is 0.0975. The first-order chi connectivity index (χ1) is 8.89. The molecule has 1 saturated carbocycles. The molecule has 0 radical (unpaired) electrons. The average Bonchev–Trinajstić information content (AvgIpc) is 2.37. The molecule has 19 heavy (non-hydrogen) atoms. The van der Waals surface area contributed by atoms with Gasteiger partial charge in [0.1, 0.15) is 10.8 Å². The lowest BCUT2D eigenvalue weighted by atomic mass is 9.75. The number of carbonyl (C=O) groups is 1. The quantitative estimate of drug-likeness (QED) is 0.836. The fourth-order valence-corrected chi connectivity index (χ4v) is 2.71. The van der Waals surface area contributed by atoms with E-state index >= 15 is 0 Å². The third kappa shape index (κ3) is 3.44. The van der Waals surface area contributed by atoms with Crippen LogP contribution in [-0.2, 0) is 0 Å². The molecule has 0 N–H and O–H groups in total. The molecule has 0 aromatic carbocycles. The maximum Gasteiger partial charge on any atom is 0.274 e. The molecule has 1 aliphatic rings. The fourth-order valence-electron chi connectivity index (χ4n) is 2.56. The number of rotatable bonds is 2. The van der Waals surface area contributed by atoms with Gasteiger partial charge in [0, 0.05) is 13.1 Å². The second-order valence-corrected chi connectivity index (χ2v) is 6.43. The highest BCUT2D eigenvalue weighted by atomic mass is 35.5. The summed E-state index contributed by atoms with van der Waals surface area (Å²) in [5.74, 6) is -0.0975. The van der Waals surface area contributed by atoms with E-state index in [-0.39, 0.29) is 11.1 Å². The van der Waals surface area contributed by atoms with Crippen LogP contribution in [0.1, 0.15) is 50.0 Å². The monoisotopic (exact) mass is 281 g/mol. The van der Waals surface area contributed by atoms with Crippen LogP contribution in [-0.4, -0.2) is 33.9 Å². The van der Waals surface area contributed by atoms with Gasteiger partial charge in [0.05, 0.1) is 12.4 Å². The molecular weight excluding hydrogens is 262 g/mol. The van der Waals surface area contributed by atoms with Crippen molar-refractivity contribution in [3.63, 3.8) is 0 Å². The van der Waals surface area contributed by atoms with Crippen LogP contribution in [0.3, 0.4) is 0 Å². The van der Waals surface area contributed by atoms with Crippen LogP contribution in [0.5, 0.6) is 0 Å². The number of hydrogen-bond acceptors (Lipinski definition) is 3. The smallest absolute Gasteiger partial charge is 0.274 e. The number of halogens is 1. The highest BCUT2D eigenvalue weighted by molar-refractivity contribution is 6.29. The molecule has 104 valence electrons. The second-order valence-electron chi connectivity index (χ2n) is 6.04. The number of aromatic nitrogens is 2. The number of amides is 1. The van der Waals surface area contributed by atoms with Crippen LogP contribution in [0.2, 0.25) is 5.15 Å². The molecule has 0 atom stereocenters. The molecule has 0 unspecified atom stereocenters. The molecule has 0 spiro atoms. The molecule has 0 saturated heterocycles. The highest BCUT2D eigenvalue weighted by Crippen LogP contribution is 2.36. The molecule has 1 fully saturated rings. The van der Waals surface area contributed by atoms with Crippen molar-refractivity contribution in [3.05, 3.63) is 23.2 Å². The van der Waals surface area contributed by atoms with Gasteiger partial charge in [-0.1, -0.05) is 25.4 Å². The Morgan fingerprint density at radius 2 is 2.00 bits per heavy atom. The van der Waals surface area contributed by atoms with Crippen LogP contribution in [0.4, 0.5) is 0 Å². The van der Waals surface area contributed by atoms with E-state index in [1.54, 1.807) is 4.90 Å². The maximum absolute atomic E-state index is 12.3. The van der Waals surface area contributed by atoms with E-state index in [9.17, 15) is 4.79 Å². The van der Waals surface area contributed by atoms with Crippen LogP contribution in [0, 0.1) is 5.41 Å². The predicted molar refractivity (Wildman–Crippen MR) is 75.2 cm³/mol. The minimum atomic E-state index is -0.0975. The summed E-state index contributed by atoms with van der Waals surface area (Å²) < 4.78 is 0. The van der Waals surface area contributed by atoms with Crippen molar-refractivity contribution in [2.45, 2.75) is 45.6 Å². The Kier molecular flexibility index (Phi) is 4.09. The first-order valence-corrected chi connectivity index (χ1v) is 7.01. The lowest BCUT2D eigenvalue weighted by molar-refractivity contribution is 0.0629. The van der Waals surface area contributed by atoms with Gasteiger partial charge >= 0.3 is 0 Å². The summed E-state index contributed by atoms with van der Waals surface area (Å²) in [5.41, 5.74) is 0.718. The van der Waals surface area contributed by atoms with E-state index in [4.69, 9.17) is 11.6 Å². The van der Waals surface area contributed by atoms with Crippen LogP contribution >= 0.6 is 11.6 Å². The third-order valence-electron chi connectivity index (χ3n) is 4.00. The Morgan fingerprint density at radius 3 is 2.58 bits per heavy atom. The molecule has 1 aliphatic carbocycles. The summed E-state index contributed by atoms with van der Waals surface area (Å²) in [6.07, 6.45) is 7.29. The van der Waals surface area contributed by atoms with Gasteiger partial charge < -0.3 is 4.90 Å². The molecule has 2 rings (SSSR count). The summed E-state index contributed by atoms with van der Waals surface area (Å²) in [5, 5.41) is 0.254. The standard InChI is InChI=1S/C14H20ClN3O/c1-14(2)6-4-10(5-7-14)18(3)13(19)11-8-16-9-12(15)17-11/h8-10H,4-7H2,1-3H3. The van der Waals surface area contributed by atoms with Crippen molar-refractivity contribution in [2.24, 2.45) is 5.41 Å². The molecule has 1 aromatic rings. The van der Waals surface area contributed by atoms with Crippen molar-refractivity contribution in [2.75, 3.05) is 7.05 Å². The van der Waals surface area contributed by atoms with Gasteiger partial charge in [-0.2, -0.15) is 0 Å². The maximum atomic E-state index is 12.3. The normalized spacial score (nSPS) is 19.2. The Bertz CT molecular complexity index is 466. The van der Waals surface area contributed by atoms with Crippen LogP contribution in [0.15, 0.2) is 12.4 Å². The SMILES string of the molecule is CN(C(=O)c1cncc(Cl)n1)C1CCC(C)(C)CC1. The topological polar surface area (TPSA) is 46.1 Å². The molecule has 1 aromatic heterocycles. The first kappa shape index (κ1) is 14.3. The predicted octanol–water partition coefficient (Wildman–Crippen LogP) is 3.17. The third-order valence-corrected chi connectivity index (χ3v) is 4.18. The van der Waals surface area contributed by atoms with Crippen molar-refractivity contribution < 1.29 is 4.79 Å². The number of nitrogens with zero attached hydrogens (tertiary/aromatic N) is 3. The van der Waals surface area contributed by atoms with E-state index in [1.807, 2.05) is 7.05 Å². The lowest BCUT2D eigenvalue weighted by Gasteiger charge is -2.38. The second kappa shape index (κ2) is 5.45. The Morgan fingerprint density at radius 1 is 1.37 bits per heavy atom. The molecular formula is C14H20ClN3O. The van der Waals surface area contributed by atoms with Gasteiger partial charge in [0.25, 0.3) is 5.91 Å². The van der Waals surface area contributed by atoms with Gasteiger partial charge in [0.2, 0.25) is 0 Å². The Hall–Kier alpha value is -1.16. The molecule has 4 nitrogen and oxygen atoms in total. The van der Waals surface area contributed by atoms with E-state index in [1.165, 1.54) is 12.4 Å². The Labute approximate surface area is 119 Å². The summed E-state index contributed by atoms with van der Waals surface area (Å²) in [4.78, 5) is 22.1.